The number of allylic oxidation sites excluding steroid dienone is 1. The number of carbonyl (C=O) groups excluding carboxylic acids is 2. The Balaban J connectivity index is 1.34. The van der Waals surface area contributed by atoms with Gasteiger partial charge in [0.1, 0.15) is 13.2 Å². The number of ether oxygens (including phenoxy) is 2. The van der Waals surface area contributed by atoms with Crippen LogP contribution in [-0.4, -0.2) is 65.8 Å². The first-order valence-corrected chi connectivity index (χ1v) is 18.6. The van der Waals surface area contributed by atoms with Gasteiger partial charge in [-0.3, -0.25) is 19.6 Å². The lowest BCUT2D eigenvalue weighted by atomic mass is 9.75. The number of aryl methyl sites for hydroxylation is 1. The van der Waals surface area contributed by atoms with Gasteiger partial charge in [-0.05, 0) is 86.8 Å². The summed E-state index contributed by atoms with van der Waals surface area (Å²) in [5, 5.41) is 0. The predicted octanol–water partition coefficient (Wildman–Crippen LogP) is 8.82. The Kier molecular flexibility index (Phi) is 11.0. The van der Waals surface area contributed by atoms with E-state index in [-0.39, 0.29) is 23.0 Å². The lowest BCUT2D eigenvalue weighted by molar-refractivity contribution is -0.144. The molecule has 264 valence electrons. The second-order valence-corrected chi connectivity index (χ2v) is 13.8. The van der Waals surface area contributed by atoms with Crippen molar-refractivity contribution in [3.8, 4) is 33.8 Å². The molecule has 8 heteroatoms. The molecule has 3 aliphatic heterocycles. The number of fused-ring (bicyclic) bond motifs is 2. The molecule has 0 radical (unpaired) electrons. The van der Waals surface area contributed by atoms with Crippen LogP contribution in [0.5, 0.6) is 11.5 Å². The molecule has 0 aliphatic carbocycles. The number of piperidine rings is 1. The fourth-order valence-electron chi connectivity index (χ4n) is 8.16. The van der Waals surface area contributed by atoms with Gasteiger partial charge in [-0.15, -0.1) is 0 Å². The Hall–Kier alpha value is -4.46. The molecule has 0 spiro atoms. The molecule has 0 saturated carbocycles. The zero-order valence-electron chi connectivity index (χ0n) is 30.2. The molecule has 1 aromatic heterocycles. The summed E-state index contributed by atoms with van der Waals surface area (Å²) in [7, 11) is 0. The Bertz CT molecular complexity index is 1760. The van der Waals surface area contributed by atoms with E-state index in [9.17, 15) is 9.59 Å². The molecule has 50 heavy (non-hydrogen) atoms. The number of H-pyrrole nitrogens is 1. The summed E-state index contributed by atoms with van der Waals surface area (Å²) in [5.41, 5.74) is 7.58. The molecule has 4 heterocycles. The third kappa shape index (κ3) is 6.94. The topological polar surface area (TPSA) is 96.3 Å². The third-order valence-corrected chi connectivity index (χ3v) is 11.1. The summed E-state index contributed by atoms with van der Waals surface area (Å²) in [6.07, 6.45) is 9.99. The lowest BCUT2D eigenvalue weighted by Gasteiger charge is -2.40. The molecule has 0 bridgehead atoms. The minimum absolute atomic E-state index is 0.0464. The number of amides is 1. The second kappa shape index (κ2) is 15.6. The van der Waals surface area contributed by atoms with E-state index in [1.165, 1.54) is 6.08 Å². The minimum atomic E-state index is -0.543. The normalized spacial score (nSPS) is 19.0. The van der Waals surface area contributed by atoms with Crippen molar-refractivity contribution in [3.05, 3.63) is 67.0 Å². The van der Waals surface area contributed by atoms with Crippen molar-refractivity contribution in [2.45, 2.75) is 79.1 Å². The maximum atomic E-state index is 13.9. The smallest absolute Gasteiger partial charge is 0.228 e. The van der Waals surface area contributed by atoms with Gasteiger partial charge in [0.2, 0.25) is 5.91 Å². The molecule has 1 amide bonds. The van der Waals surface area contributed by atoms with Gasteiger partial charge in [0, 0.05) is 59.8 Å². The number of ketones is 1. The fourth-order valence-corrected chi connectivity index (χ4v) is 8.16. The van der Waals surface area contributed by atoms with Gasteiger partial charge < -0.3 is 19.4 Å². The highest BCUT2D eigenvalue weighted by atomic mass is 16.6. The van der Waals surface area contributed by atoms with Crippen LogP contribution in [0.25, 0.3) is 22.3 Å². The maximum absolute atomic E-state index is 13.9. The Labute approximate surface area is 297 Å². The SMILES string of the molecule is C=CC(=O)C1C(=NCC)CCc2[nH]cc(-c3ccc(-c4ccc5c(c4)OCCO5)cc3)c2N=C1C1CCN(C(=O)C(CC)(CC)CCC)CC1. The van der Waals surface area contributed by atoms with Crippen molar-refractivity contribution in [1.82, 2.24) is 9.88 Å². The van der Waals surface area contributed by atoms with Crippen LogP contribution in [0.1, 0.15) is 78.3 Å². The van der Waals surface area contributed by atoms with Crippen LogP contribution < -0.4 is 9.47 Å². The van der Waals surface area contributed by atoms with Crippen LogP contribution in [0.15, 0.2) is 71.3 Å². The van der Waals surface area contributed by atoms with Gasteiger partial charge in [0.15, 0.2) is 17.3 Å². The Morgan fingerprint density at radius 1 is 0.960 bits per heavy atom. The summed E-state index contributed by atoms with van der Waals surface area (Å²) in [4.78, 5) is 43.6. The van der Waals surface area contributed by atoms with Crippen LogP contribution in [0.4, 0.5) is 5.69 Å². The van der Waals surface area contributed by atoms with E-state index in [2.05, 4.69) is 67.6 Å². The van der Waals surface area contributed by atoms with Crippen molar-refractivity contribution in [1.29, 1.82) is 0 Å². The zero-order chi connectivity index (χ0) is 35.3. The van der Waals surface area contributed by atoms with Gasteiger partial charge in [-0.25, -0.2) is 0 Å². The molecule has 1 saturated heterocycles. The number of rotatable bonds is 11. The second-order valence-electron chi connectivity index (χ2n) is 13.8. The number of nitrogens with zero attached hydrogens (tertiary/aromatic N) is 3. The minimum Gasteiger partial charge on any atom is -0.486 e. The van der Waals surface area contributed by atoms with Gasteiger partial charge in [-0.1, -0.05) is 64.1 Å². The highest BCUT2D eigenvalue weighted by Gasteiger charge is 2.41. The molecule has 1 atom stereocenters. The lowest BCUT2D eigenvalue weighted by Crippen LogP contribution is -2.49. The maximum Gasteiger partial charge on any atom is 0.228 e. The Morgan fingerprint density at radius 2 is 1.64 bits per heavy atom. The largest absolute Gasteiger partial charge is 0.486 e. The van der Waals surface area contributed by atoms with Crippen LogP contribution in [0.2, 0.25) is 0 Å². The molecule has 8 nitrogen and oxygen atoms in total. The third-order valence-electron chi connectivity index (χ3n) is 11.1. The molecule has 3 aromatic rings. The summed E-state index contributed by atoms with van der Waals surface area (Å²) in [6.45, 7) is 15.4. The van der Waals surface area contributed by atoms with Gasteiger partial charge in [0.25, 0.3) is 0 Å². The van der Waals surface area contributed by atoms with E-state index >= 15 is 0 Å². The Morgan fingerprint density at radius 3 is 2.30 bits per heavy atom. The van der Waals surface area contributed by atoms with E-state index in [1.54, 1.807) is 0 Å². The quantitative estimate of drug-likeness (QED) is 0.205. The number of likely N-dealkylation sites (tertiary alicyclic amines) is 1. The summed E-state index contributed by atoms with van der Waals surface area (Å²) in [6, 6.07) is 14.6. The van der Waals surface area contributed by atoms with E-state index in [0.717, 1.165) is 95.1 Å². The highest BCUT2D eigenvalue weighted by Crippen LogP contribution is 2.41. The van der Waals surface area contributed by atoms with Crippen LogP contribution in [0, 0.1) is 17.3 Å². The summed E-state index contributed by atoms with van der Waals surface area (Å²) in [5.74, 6) is 1.28. The molecule has 3 aliphatic rings. The van der Waals surface area contributed by atoms with Crippen molar-refractivity contribution in [2.75, 3.05) is 32.8 Å². The fraction of sp³-hybridized carbons (Fsp3) is 0.476. The predicted molar refractivity (Wildman–Crippen MR) is 202 cm³/mol. The molecule has 1 fully saturated rings. The van der Waals surface area contributed by atoms with Gasteiger partial charge in [-0.2, -0.15) is 0 Å². The van der Waals surface area contributed by atoms with Gasteiger partial charge in [0.05, 0.1) is 11.6 Å². The molecule has 1 N–H and O–H groups in total. The van der Waals surface area contributed by atoms with Crippen molar-refractivity contribution >= 4 is 28.8 Å². The number of aromatic nitrogens is 1. The van der Waals surface area contributed by atoms with Crippen LogP contribution in [-0.2, 0) is 16.0 Å². The number of aliphatic imine (C=N–C) groups is 2. The molecule has 2 aromatic carbocycles. The zero-order valence-corrected chi connectivity index (χ0v) is 30.2. The number of nitrogens with one attached hydrogen (secondary N) is 1. The van der Waals surface area contributed by atoms with Crippen molar-refractivity contribution in [2.24, 2.45) is 27.2 Å². The average Bonchev–Trinajstić information content (AvgIpc) is 3.55. The monoisotopic (exact) mass is 676 g/mol. The first-order chi connectivity index (χ1) is 24.4. The molecule has 6 rings (SSSR count). The van der Waals surface area contributed by atoms with E-state index in [1.807, 2.05) is 25.3 Å². The number of hydrogen-bond acceptors (Lipinski definition) is 6. The standard InChI is InChI=1S/C42H52N4O4/c1-6-21-42(8-3,9-4)41(48)46-22-19-30(20-23-46)39-38(35(47)7-2)33(43-10-5)16-17-34-40(45-39)32(27-44-34)29-13-11-28(12-14-29)31-15-18-36-37(26-31)50-25-24-49-36/h7,11-15,18,26-27,30,38,44H,2,6,8-10,16-17,19-25H2,1,3-5H3. The number of carbonyl (C=O) groups is 2. The van der Waals surface area contributed by atoms with E-state index < -0.39 is 5.92 Å². The number of aromatic amines is 1. The molecule has 1 unspecified atom stereocenters. The first-order valence-electron chi connectivity index (χ1n) is 18.6. The molecular formula is C42H52N4O4. The van der Waals surface area contributed by atoms with Crippen molar-refractivity contribution < 1.29 is 19.1 Å². The summed E-state index contributed by atoms with van der Waals surface area (Å²) >= 11 is 0. The number of hydrogen-bond donors (Lipinski definition) is 1. The molecular weight excluding hydrogens is 624 g/mol. The van der Waals surface area contributed by atoms with Crippen LogP contribution >= 0.6 is 0 Å². The van der Waals surface area contributed by atoms with Crippen LogP contribution in [0.3, 0.4) is 0 Å². The highest BCUT2D eigenvalue weighted by molar-refractivity contribution is 6.26. The summed E-state index contributed by atoms with van der Waals surface area (Å²) < 4.78 is 11.5. The van der Waals surface area contributed by atoms with Crippen molar-refractivity contribution in [3.63, 3.8) is 0 Å². The van der Waals surface area contributed by atoms with Gasteiger partial charge >= 0.3 is 0 Å². The number of benzene rings is 2. The van der Waals surface area contributed by atoms with E-state index in [4.69, 9.17) is 19.5 Å². The van der Waals surface area contributed by atoms with E-state index in [0.29, 0.717) is 45.7 Å². The first kappa shape index (κ1) is 35.4. The average molecular weight is 677 g/mol.